The fraction of sp³-hybridized carbons (Fsp3) is 0.417. The summed E-state index contributed by atoms with van der Waals surface area (Å²) < 4.78 is 38.8. The highest BCUT2D eigenvalue weighted by molar-refractivity contribution is 5.95. The molecule has 0 heterocycles. The van der Waals surface area contributed by atoms with Crippen molar-refractivity contribution in [1.29, 1.82) is 0 Å². The molecular formula is C12H12F3N3O3. The van der Waals surface area contributed by atoms with Crippen LogP contribution in [0.3, 0.4) is 0 Å². The van der Waals surface area contributed by atoms with Crippen LogP contribution in [0.5, 0.6) is 0 Å². The standard InChI is InChI=1S/C12H12F3N3O3/c1-16-10(19)7-2-3-9(18(20)21)8(6-7)17-11(4-5-11)12(13,14)15/h2-3,6,17H,4-5H2,1H3,(H,16,19). The van der Waals surface area contributed by atoms with Gasteiger partial charge in [-0.2, -0.15) is 13.2 Å². The molecule has 0 radical (unpaired) electrons. The summed E-state index contributed by atoms with van der Waals surface area (Å²) in [5.41, 5.74) is -2.91. The number of hydrogen-bond acceptors (Lipinski definition) is 4. The fourth-order valence-corrected chi connectivity index (χ4v) is 1.94. The van der Waals surface area contributed by atoms with Gasteiger partial charge in [0, 0.05) is 18.7 Å². The first kappa shape index (κ1) is 15.1. The normalized spacial score (nSPS) is 16.2. The van der Waals surface area contributed by atoms with Crippen molar-refractivity contribution < 1.29 is 22.9 Å². The molecule has 0 aromatic heterocycles. The number of halogens is 3. The number of nitrogens with zero attached hydrogens (tertiary/aromatic N) is 1. The van der Waals surface area contributed by atoms with Gasteiger partial charge in [-0.1, -0.05) is 0 Å². The van der Waals surface area contributed by atoms with Crippen molar-refractivity contribution >= 4 is 17.3 Å². The molecule has 2 N–H and O–H groups in total. The number of nitro groups is 1. The first-order valence-corrected chi connectivity index (χ1v) is 6.05. The maximum absolute atomic E-state index is 12.9. The Morgan fingerprint density at radius 2 is 2.00 bits per heavy atom. The summed E-state index contributed by atoms with van der Waals surface area (Å²) in [5.74, 6) is -0.537. The van der Waals surface area contributed by atoms with Crippen LogP contribution in [0.2, 0.25) is 0 Å². The molecule has 0 bridgehead atoms. The van der Waals surface area contributed by atoms with Gasteiger partial charge in [-0.25, -0.2) is 0 Å². The zero-order valence-corrected chi connectivity index (χ0v) is 11.0. The van der Waals surface area contributed by atoms with Crippen molar-refractivity contribution in [3.8, 4) is 0 Å². The third-order valence-corrected chi connectivity index (χ3v) is 3.35. The van der Waals surface area contributed by atoms with Gasteiger partial charge < -0.3 is 10.6 Å². The molecule has 1 fully saturated rings. The minimum atomic E-state index is -4.51. The van der Waals surface area contributed by atoms with E-state index in [1.165, 1.54) is 13.1 Å². The molecule has 0 unspecified atom stereocenters. The molecular weight excluding hydrogens is 291 g/mol. The maximum Gasteiger partial charge on any atom is 0.411 e. The van der Waals surface area contributed by atoms with Crippen molar-refractivity contribution in [2.45, 2.75) is 24.6 Å². The highest BCUT2D eigenvalue weighted by Gasteiger charge is 2.64. The second-order valence-corrected chi connectivity index (χ2v) is 4.77. The predicted molar refractivity (Wildman–Crippen MR) is 68.1 cm³/mol. The van der Waals surface area contributed by atoms with Crippen LogP contribution in [0.15, 0.2) is 18.2 Å². The zero-order chi connectivity index (χ0) is 15.8. The van der Waals surface area contributed by atoms with Gasteiger partial charge in [0.2, 0.25) is 0 Å². The first-order chi connectivity index (χ1) is 9.70. The Morgan fingerprint density at radius 3 is 2.43 bits per heavy atom. The average molecular weight is 303 g/mol. The summed E-state index contributed by atoms with van der Waals surface area (Å²) in [6.07, 6.45) is -4.82. The highest BCUT2D eigenvalue weighted by Crippen LogP contribution is 2.52. The van der Waals surface area contributed by atoms with E-state index in [1.807, 2.05) is 0 Å². The summed E-state index contributed by atoms with van der Waals surface area (Å²) in [7, 11) is 1.36. The summed E-state index contributed by atoms with van der Waals surface area (Å²) in [6.45, 7) is 0. The molecule has 6 nitrogen and oxygen atoms in total. The first-order valence-electron chi connectivity index (χ1n) is 6.05. The van der Waals surface area contributed by atoms with Crippen LogP contribution in [0.1, 0.15) is 23.2 Å². The van der Waals surface area contributed by atoms with E-state index >= 15 is 0 Å². The molecule has 114 valence electrons. The molecule has 9 heteroatoms. The largest absolute Gasteiger partial charge is 0.411 e. The molecule has 2 rings (SSSR count). The van der Waals surface area contributed by atoms with Crippen LogP contribution in [-0.2, 0) is 0 Å². The number of nitrogens with one attached hydrogen (secondary N) is 2. The van der Waals surface area contributed by atoms with Gasteiger partial charge in [-0.3, -0.25) is 14.9 Å². The van der Waals surface area contributed by atoms with Crippen LogP contribution in [-0.4, -0.2) is 29.6 Å². The third kappa shape index (κ3) is 2.76. The minimum absolute atomic E-state index is 0.0450. The monoisotopic (exact) mass is 303 g/mol. The predicted octanol–water partition coefficient (Wildman–Crippen LogP) is 2.46. The van der Waals surface area contributed by atoms with Gasteiger partial charge in [0.25, 0.3) is 11.6 Å². The van der Waals surface area contributed by atoms with Gasteiger partial charge >= 0.3 is 6.18 Å². The zero-order valence-electron chi connectivity index (χ0n) is 11.0. The van der Waals surface area contributed by atoms with E-state index in [2.05, 4.69) is 10.6 Å². The fourth-order valence-electron chi connectivity index (χ4n) is 1.94. The molecule has 1 aromatic rings. The van der Waals surface area contributed by atoms with Gasteiger partial charge in [0.1, 0.15) is 11.2 Å². The number of anilines is 1. The number of hydrogen-bond donors (Lipinski definition) is 2. The lowest BCUT2D eigenvalue weighted by molar-refractivity contribution is -0.384. The molecule has 1 aliphatic carbocycles. The molecule has 0 saturated heterocycles. The van der Waals surface area contributed by atoms with E-state index in [0.29, 0.717) is 0 Å². The molecule has 1 amide bonds. The highest BCUT2D eigenvalue weighted by atomic mass is 19.4. The van der Waals surface area contributed by atoms with Crippen molar-refractivity contribution in [1.82, 2.24) is 5.32 Å². The molecule has 0 aliphatic heterocycles. The Labute approximate surface area is 117 Å². The lowest BCUT2D eigenvalue weighted by Gasteiger charge is -2.22. The van der Waals surface area contributed by atoms with Crippen LogP contribution in [0, 0.1) is 10.1 Å². The topological polar surface area (TPSA) is 84.3 Å². The Hall–Kier alpha value is -2.32. The molecule has 0 spiro atoms. The van der Waals surface area contributed by atoms with E-state index in [1.54, 1.807) is 0 Å². The summed E-state index contributed by atoms with van der Waals surface area (Å²) in [4.78, 5) is 21.6. The average Bonchev–Trinajstić information content (AvgIpc) is 3.17. The van der Waals surface area contributed by atoms with Crippen LogP contribution >= 0.6 is 0 Å². The summed E-state index contributed by atoms with van der Waals surface area (Å²) in [6, 6.07) is 3.26. The van der Waals surface area contributed by atoms with Crippen molar-refractivity contribution in [2.75, 3.05) is 12.4 Å². The van der Waals surface area contributed by atoms with Gasteiger partial charge in [-0.15, -0.1) is 0 Å². The quantitative estimate of drug-likeness (QED) is 0.661. The second-order valence-electron chi connectivity index (χ2n) is 4.77. The number of amides is 1. The van der Waals surface area contributed by atoms with E-state index in [9.17, 15) is 28.1 Å². The second kappa shape index (κ2) is 4.90. The van der Waals surface area contributed by atoms with E-state index in [4.69, 9.17) is 0 Å². The Bertz CT molecular complexity index is 597. The molecule has 1 saturated carbocycles. The molecule has 21 heavy (non-hydrogen) atoms. The summed E-state index contributed by atoms with van der Waals surface area (Å²) >= 11 is 0. The molecule has 1 aromatic carbocycles. The lowest BCUT2D eigenvalue weighted by atomic mass is 10.1. The number of carbonyl (C=O) groups excluding carboxylic acids is 1. The van der Waals surface area contributed by atoms with E-state index in [-0.39, 0.29) is 24.1 Å². The van der Waals surface area contributed by atoms with E-state index < -0.39 is 28.2 Å². The Kier molecular flexibility index (Phi) is 3.52. The maximum atomic E-state index is 12.9. The number of carbonyl (C=O) groups is 1. The van der Waals surface area contributed by atoms with Crippen LogP contribution in [0.25, 0.3) is 0 Å². The Morgan fingerprint density at radius 1 is 1.38 bits per heavy atom. The van der Waals surface area contributed by atoms with Crippen LogP contribution in [0.4, 0.5) is 24.5 Å². The number of rotatable bonds is 4. The van der Waals surface area contributed by atoms with Crippen molar-refractivity contribution in [3.63, 3.8) is 0 Å². The van der Waals surface area contributed by atoms with Gasteiger partial charge in [0.15, 0.2) is 0 Å². The van der Waals surface area contributed by atoms with Gasteiger partial charge in [-0.05, 0) is 25.0 Å². The molecule has 0 atom stereocenters. The Balaban J connectivity index is 2.41. The summed E-state index contributed by atoms with van der Waals surface area (Å²) in [5, 5.41) is 15.4. The van der Waals surface area contributed by atoms with E-state index in [0.717, 1.165) is 12.1 Å². The van der Waals surface area contributed by atoms with Gasteiger partial charge in [0.05, 0.1) is 4.92 Å². The smallest absolute Gasteiger partial charge is 0.366 e. The molecule has 1 aliphatic rings. The van der Waals surface area contributed by atoms with Crippen molar-refractivity contribution in [3.05, 3.63) is 33.9 Å². The number of benzene rings is 1. The minimum Gasteiger partial charge on any atom is -0.366 e. The van der Waals surface area contributed by atoms with Crippen LogP contribution < -0.4 is 10.6 Å². The SMILES string of the molecule is CNC(=O)c1ccc([N+](=O)[O-])c(NC2(C(F)(F)F)CC2)c1. The van der Waals surface area contributed by atoms with Crippen molar-refractivity contribution in [2.24, 2.45) is 0 Å². The lowest BCUT2D eigenvalue weighted by Crippen LogP contribution is -2.38. The number of alkyl halides is 3. The third-order valence-electron chi connectivity index (χ3n) is 3.35. The number of nitro benzene ring substituents is 1.